The minimum atomic E-state index is -0.729. The first-order valence-corrected chi connectivity index (χ1v) is 11.3. The van der Waals surface area contributed by atoms with E-state index in [1.54, 1.807) is 28.9 Å². The Morgan fingerprint density at radius 2 is 1.97 bits per heavy atom. The van der Waals surface area contributed by atoms with Gasteiger partial charge in [-0.3, -0.25) is 4.68 Å². The minimum absolute atomic E-state index is 0.206. The summed E-state index contributed by atoms with van der Waals surface area (Å²) in [5, 5.41) is 4.24. The molecule has 1 aromatic carbocycles. The number of rotatable bonds is 4. The highest BCUT2D eigenvalue weighted by Gasteiger charge is 2.29. The maximum absolute atomic E-state index is 15.4. The first kappa shape index (κ1) is 23.0. The number of hydrogen-bond acceptors (Lipinski definition) is 5. The van der Waals surface area contributed by atoms with Crippen LogP contribution in [0.2, 0.25) is 0 Å². The number of imidazole rings is 1. The monoisotopic (exact) mass is 481 g/mol. The van der Waals surface area contributed by atoms with Crippen LogP contribution in [-0.4, -0.2) is 63.1 Å². The second-order valence-electron chi connectivity index (χ2n) is 8.64. The molecule has 5 rings (SSSR count). The normalized spacial score (nSPS) is 16.1. The van der Waals surface area contributed by atoms with Gasteiger partial charge in [0.25, 0.3) is 0 Å². The van der Waals surface area contributed by atoms with Gasteiger partial charge < -0.3 is 18.8 Å². The number of halogens is 2. The molecule has 1 amide bonds. The summed E-state index contributed by atoms with van der Waals surface area (Å²) >= 11 is 0. The lowest BCUT2D eigenvalue weighted by Gasteiger charge is -2.32. The third-order valence-corrected chi connectivity index (χ3v) is 6.16. The Kier molecular flexibility index (Phi) is 5.98. The van der Waals surface area contributed by atoms with E-state index in [4.69, 9.17) is 9.47 Å². The molecule has 182 valence electrons. The van der Waals surface area contributed by atoms with Crippen molar-refractivity contribution in [2.75, 3.05) is 26.8 Å². The first-order valence-electron chi connectivity index (χ1n) is 11.3. The van der Waals surface area contributed by atoms with Crippen LogP contribution in [-0.2, 0) is 22.9 Å². The van der Waals surface area contributed by atoms with Gasteiger partial charge in [0.15, 0.2) is 0 Å². The predicted octanol–water partition coefficient (Wildman–Crippen LogP) is 4.00. The molecule has 0 radical (unpaired) electrons. The van der Waals surface area contributed by atoms with Gasteiger partial charge in [-0.25, -0.2) is 18.6 Å². The van der Waals surface area contributed by atoms with Crippen molar-refractivity contribution in [2.45, 2.75) is 19.4 Å². The molecule has 0 spiro atoms. The molecule has 1 fully saturated rings. The van der Waals surface area contributed by atoms with E-state index >= 15 is 8.78 Å². The first-order chi connectivity index (χ1) is 16.8. The molecule has 1 aliphatic rings. The molecule has 4 aromatic rings. The number of hydrogen-bond donors (Lipinski definition) is 0. The summed E-state index contributed by atoms with van der Waals surface area (Å²) in [6.45, 7) is 2.98. The lowest BCUT2D eigenvalue weighted by atomic mass is 10.0. The number of amides is 1. The van der Waals surface area contributed by atoms with Crippen LogP contribution < -0.4 is 0 Å². The molecule has 1 atom stereocenters. The second-order valence-corrected chi connectivity index (χ2v) is 8.64. The maximum atomic E-state index is 15.4. The zero-order chi connectivity index (χ0) is 24.7. The highest BCUT2D eigenvalue weighted by atomic mass is 19.1. The van der Waals surface area contributed by atoms with Gasteiger partial charge in [-0.1, -0.05) is 0 Å². The number of aromatic nitrogens is 4. The summed E-state index contributed by atoms with van der Waals surface area (Å²) < 4.78 is 45.0. The number of methoxy groups -OCH3 is 1. The Morgan fingerprint density at radius 3 is 2.66 bits per heavy atom. The summed E-state index contributed by atoms with van der Waals surface area (Å²) in [4.78, 5) is 18.2. The number of pyridine rings is 1. The van der Waals surface area contributed by atoms with Crippen LogP contribution in [0.4, 0.5) is 13.6 Å². The van der Waals surface area contributed by atoms with Gasteiger partial charge in [0.2, 0.25) is 0 Å². The highest BCUT2D eigenvalue weighted by molar-refractivity contribution is 5.72. The molecule has 0 aliphatic carbocycles. The Labute approximate surface area is 200 Å². The molecule has 35 heavy (non-hydrogen) atoms. The zero-order valence-corrected chi connectivity index (χ0v) is 19.7. The number of carbonyl (C=O) groups excluding carboxylic acids is 1. The number of carbonyl (C=O) groups is 1. The number of aryl methyl sites for hydroxylation is 2. The molecule has 10 heteroatoms. The van der Waals surface area contributed by atoms with E-state index in [9.17, 15) is 4.79 Å². The standard InChI is InChI=1S/C25H25F2N5O3/c1-15-4-7-32-21(13-17-14-31(8-9-35-17)25(33)34-3)24(28-22(32)10-15)23-18(26)11-16(12-19(23)27)20-5-6-30(2)29-20/h4-7,10-12,17H,8-9,13-14H2,1-3H3/t17-/m0/s1. The molecule has 1 aliphatic heterocycles. The van der Waals surface area contributed by atoms with Gasteiger partial charge in [-0.2, -0.15) is 5.10 Å². The fourth-order valence-corrected chi connectivity index (χ4v) is 4.46. The minimum Gasteiger partial charge on any atom is -0.453 e. The zero-order valence-electron chi connectivity index (χ0n) is 19.7. The van der Waals surface area contributed by atoms with Gasteiger partial charge in [0.05, 0.1) is 49.0 Å². The van der Waals surface area contributed by atoms with Gasteiger partial charge in [-0.15, -0.1) is 0 Å². The lowest BCUT2D eigenvalue weighted by Crippen LogP contribution is -2.46. The molecular weight excluding hydrogens is 456 g/mol. The third kappa shape index (κ3) is 4.37. The van der Waals surface area contributed by atoms with E-state index in [0.29, 0.717) is 48.7 Å². The van der Waals surface area contributed by atoms with E-state index in [0.717, 1.165) is 5.56 Å². The Bertz CT molecular complexity index is 1390. The summed E-state index contributed by atoms with van der Waals surface area (Å²) in [6.07, 6.45) is 3.02. The smallest absolute Gasteiger partial charge is 0.409 e. The fraction of sp³-hybridized carbons (Fsp3) is 0.320. The number of nitrogens with zero attached hydrogens (tertiary/aromatic N) is 5. The van der Waals surface area contributed by atoms with Gasteiger partial charge in [0, 0.05) is 38.0 Å². The molecule has 1 saturated heterocycles. The Morgan fingerprint density at radius 1 is 1.20 bits per heavy atom. The van der Waals surface area contributed by atoms with Crippen molar-refractivity contribution >= 4 is 11.7 Å². The van der Waals surface area contributed by atoms with Crippen LogP contribution in [0.1, 0.15) is 11.3 Å². The summed E-state index contributed by atoms with van der Waals surface area (Å²) in [6, 6.07) is 8.00. The van der Waals surface area contributed by atoms with Crippen molar-refractivity contribution in [3.8, 4) is 22.5 Å². The van der Waals surface area contributed by atoms with E-state index < -0.39 is 17.7 Å². The molecule has 8 nitrogen and oxygen atoms in total. The summed E-state index contributed by atoms with van der Waals surface area (Å²) in [7, 11) is 3.07. The third-order valence-electron chi connectivity index (χ3n) is 6.16. The van der Waals surface area contributed by atoms with Crippen molar-refractivity contribution in [1.29, 1.82) is 0 Å². The molecule has 0 N–H and O–H groups in total. The van der Waals surface area contributed by atoms with Crippen molar-refractivity contribution in [3.63, 3.8) is 0 Å². The average molecular weight is 482 g/mol. The topological polar surface area (TPSA) is 73.9 Å². The summed E-state index contributed by atoms with van der Waals surface area (Å²) in [5.74, 6) is -1.46. The van der Waals surface area contributed by atoms with Crippen LogP contribution in [0.25, 0.3) is 28.2 Å². The van der Waals surface area contributed by atoms with E-state index in [-0.39, 0.29) is 17.4 Å². The molecule has 0 unspecified atom stereocenters. The SMILES string of the molecule is COC(=O)N1CCO[C@@H](Cc2c(-c3c(F)cc(-c4ccn(C)n4)cc3F)nc3cc(C)ccn23)C1. The van der Waals surface area contributed by atoms with Crippen LogP contribution >= 0.6 is 0 Å². The lowest BCUT2D eigenvalue weighted by molar-refractivity contribution is -0.0241. The number of fused-ring (bicyclic) bond motifs is 1. The second kappa shape index (κ2) is 9.10. The number of benzene rings is 1. The summed E-state index contributed by atoms with van der Waals surface area (Å²) in [5.41, 5.74) is 2.95. The predicted molar refractivity (Wildman–Crippen MR) is 125 cm³/mol. The van der Waals surface area contributed by atoms with Crippen molar-refractivity contribution in [1.82, 2.24) is 24.1 Å². The van der Waals surface area contributed by atoms with Gasteiger partial charge in [0.1, 0.15) is 17.3 Å². The molecule has 0 bridgehead atoms. The van der Waals surface area contributed by atoms with Crippen LogP contribution in [0, 0.1) is 18.6 Å². The fourth-order valence-electron chi connectivity index (χ4n) is 4.46. The number of ether oxygens (including phenoxy) is 2. The number of morpholine rings is 1. The Balaban J connectivity index is 1.58. The van der Waals surface area contributed by atoms with Crippen LogP contribution in [0.3, 0.4) is 0 Å². The van der Waals surface area contributed by atoms with E-state index in [1.807, 2.05) is 29.7 Å². The molecule has 4 heterocycles. The van der Waals surface area contributed by atoms with Gasteiger partial charge in [-0.05, 0) is 42.8 Å². The van der Waals surface area contributed by atoms with E-state index in [1.165, 1.54) is 19.2 Å². The maximum Gasteiger partial charge on any atom is 0.409 e. The van der Waals surface area contributed by atoms with Crippen molar-refractivity contribution < 1.29 is 23.0 Å². The quantitative estimate of drug-likeness (QED) is 0.441. The van der Waals surface area contributed by atoms with Gasteiger partial charge >= 0.3 is 6.09 Å². The van der Waals surface area contributed by atoms with E-state index in [2.05, 4.69) is 10.1 Å². The van der Waals surface area contributed by atoms with Crippen LogP contribution in [0.5, 0.6) is 0 Å². The van der Waals surface area contributed by atoms with Crippen molar-refractivity contribution in [3.05, 3.63) is 65.6 Å². The molecule has 3 aromatic heterocycles. The van der Waals surface area contributed by atoms with Crippen LogP contribution in [0.15, 0.2) is 42.7 Å². The highest BCUT2D eigenvalue weighted by Crippen LogP contribution is 2.34. The Hall–Kier alpha value is -3.79. The molecular formula is C25H25F2N5O3. The molecule has 0 saturated carbocycles. The average Bonchev–Trinajstić information content (AvgIpc) is 3.41. The largest absolute Gasteiger partial charge is 0.453 e. The van der Waals surface area contributed by atoms with Crippen molar-refractivity contribution in [2.24, 2.45) is 7.05 Å².